The standard InChI is InChI=1S/C19H24FNO/c1-21(18(22)11-12-2-4-17(20)5-3-12)19-15-7-13-6-14(9-15)10-16(19)8-13/h2-5,13-16,19H,6-11H2,1H3. The van der Waals surface area contributed by atoms with E-state index in [1.807, 2.05) is 11.9 Å². The minimum atomic E-state index is -0.245. The fourth-order valence-corrected chi connectivity index (χ4v) is 5.60. The molecule has 0 heterocycles. The van der Waals surface area contributed by atoms with Crippen molar-refractivity contribution in [2.75, 3.05) is 7.05 Å². The van der Waals surface area contributed by atoms with Gasteiger partial charge in [-0.25, -0.2) is 4.39 Å². The number of rotatable bonds is 3. The first kappa shape index (κ1) is 14.2. The summed E-state index contributed by atoms with van der Waals surface area (Å²) in [6, 6.07) is 6.76. The van der Waals surface area contributed by atoms with Gasteiger partial charge < -0.3 is 4.90 Å². The fraction of sp³-hybridized carbons (Fsp3) is 0.632. The van der Waals surface area contributed by atoms with E-state index in [1.54, 1.807) is 12.1 Å². The number of amides is 1. The first-order chi connectivity index (χ1) is 10.6. The molecule has 3 heteroatoms. The average Bonchev–Trinajstić information content (AvgIpc) is 2.48. The minimum Gasteiger partial charge on any atom is -0.342 e. The predicted octanol–water partition coefficient (Wildman–Crippen LogP) is 3.65. The molecular formula is C19H24FNO. The summed E-state index contributed by atoms with van der Waals surface area (Å²) in [6.07, 6.45) is 7.13. The summed E-state index contributed by atoms with van der Waals surface area (Å²) >= 11 is 0. The topological polar surface area (TPSA) is 20.3 Å². The van der Waals surface area contributed by atoms with Crippen LogP contribution in [0, 0.1) is 29.5 Å². The number of carbonyl (C=O) groups excluding carboxylic acids is 1. The molecule has 0 N–H and O–H groups in total. The SMILES string of the molecule is CN(C(=O)Cc1ccc(F)cc1)C1C2CC3CC(C2)CC1C3. The molecular weight excluding hydrogens is 277 g/mol. The molecule has 1 amide bonds. The number of benzene rings is 1. The van der Waals surface area contributed by atoms with E-state index >= 15 is 0 Å². The first-order valence-electron chi connectivity index (χ1n) is 8.60. The quantitative estimate of drug-likeness (QED) is 0.834. The Labute approximate surface area is 131 Å². The van der Waals surface area contributed by atoms with Crippen LogP contribution in [0.15, 0.2) is 24.3 Å². The van der Waals surface area contributed by atoms with E-state index in [1.165, 1.54) is 44.2 Å². The molecule has 4 bridgehead atoms. The second-order valence-corrected chi connectivity index (χ2v) is 7.73. The van der Waals surface area contributed by atoms with E-state index in [-0.39, 0.29) is 11.7 Å². The number of nitrogens with zero attached hydrogens (tertiary/aromatic N) is 1. The van der Waals surface area contributed by atoms with E-state index in [4.69, 9.17) is 0 Å². The Morgan fingerprint density at radius 3 is 2.14 bits per heavy atom. The Balaban J connectivity index is 1.46. The third kappa shape index (κ3) is 2.45. The maximum absolute atomic E-state index is 13.0. The van der Waals surface area contributed by atoms with Crippen LogP contribution in [0.5, 0.6) is 0 Å². The van der Waals surface area contributed by atoms with E-state index in [9.17, 15) is 9.18 Å². The van der Waals surface area contributed by atoms with Gasteiger partial charge in [0.25, 0.3) is 0 Å². The van der Waals surface area contributed by atoms with Crippen molar-refractivity contribution < 1.29 is 9.18 Å². The lowest BCUT2D eigenvalue weighted by Gasteiger charge is -2.56. The van der Waals surface area contributed by atoms with Gasteiger partial charge in [-0.1, -0.05) is 12.1 Å². The van der Waals surface area contributed by atoms with Crippen molar-refractivity contribution in [1.82, 2.24) is 4.90 Å². The summed E-state index contributed by atoms with van der Waals surface area (Å²) in [5.41, 5.74) is 0.905. The third-order valence-electron chi connectivity index (χ3n) is 6.29. The molecule has 0 radical (unpaired) electrons. The molecule has 4 aliphatic rings. The zero-order valence-corrected chi connectivity index (χ0v) is 13.2. The molecule has 0 unspecified atom stereocenters. The van der Waals surface area contributed by atoms with Gasteiger partial charge in [-0.2, -0.15) is 0 Å². The largest absolute Gasteiger partial charge is 0.342 e. The van der Waals surface area contributed by atoms with Gasteiger partial charge in [0.05, 0.1) is 6.42 Å². The molecule has 1 aromatic rings. The summed E-state index contributed by atoms with van der Waals surface area (Å²) in [6.45, 7) is 0. The van der Waals surface area contributed by atoms with Gasteiger partial charge >= 0.3 is 0 Å². The number of carbonyl (C=O) groups is 1. The third-order valence-corrected chi connectivity index (χ3v) is 6.29. The monoisotopic (exact) mass is 301 g/mol. The molecule has 0 saturated heterocycles. The van der Waals surface area contributed by atoms with Crippen LogP contribution in [0.2, 0.25) is 0 Å². The van der Waals surface area contributed by atoms with Crippen molar-refractivity contribution in [3.63, 3.8) is 0 Å². The Bertz CT molecular complexity index is 539. The second kappa shape index (κ2) is 5.36. The normalized spacial score (nSPS) is 35.6. The lowest BCUT2D eigenvalue weighted by atomic mass is 9.54. The van der Waals surface area contributed by atoms with Crippen LogP contribution < -0.4 is 0 Å². The van der Waals surface area contributed by atoms with E-state index in [2.05, 4.69) is 0 Å². The van der Waals surface area contributed by atoms with E-state index in [0.29, 0.717) is 12.5 Å². The van der Waals surface area contributed by atoms with Crippen LogP contribution in [0.25, 0.3) is 0 Å². The molecule has 1 aromatic carbocycles. The Hall–Kier alpha value is -1.38. The molecule has 4 fully saturated rings. The van der Waals surface area contributed by atoms with Crippen LogP contribution in [-0.2, 0) is 11.2 Å². The highest BCUT2D eigenvalue weighted by atomic mass is 19.1. The van der Waals surface area contributed by atoms with E-state index in [0.717, 1.165) is 29.2 Å². The fourth-order valence-electron chi connectivity index (χ4n) is 5.60. The molecule has 5 rings (SSSR count). The molecule has 22 heavy (non-hydrogen) atoms. The average molecular weight is 301 g/mol. The highest BCUT2D eigenvalue weighted by molar-refractivity contribution is 5.79. The highest BCUT2D eigenvalue weighted by Gasteiger charge is 2.50. The Kier molecular flexibility index (Phi) is 3.47. The molecule has 0 aromatic heterocycles. The van der Waals surface area contributed by atoms with Crippen molar-refractivity contribution in [1.29, 1.82) is 0 Å². The lowest BCUT2D eigenvalue weighted by molar-refractivity contribution is -0.140. The Morgan fingerprint density at radius 2 is 1.59 bits per heavy atom. The summed E-state index contributed by atoms with van der Waals surface area (Å²) in [4.78, 5) is 14.7. The van der Waals surface area contributed by atoms with Crippen molar-refractivity contribution in [2.24, 2.45) is 23.7 Å². The zero-order chi connectivity index (χ0) is 15.3. The van der Waals surface area contributed by atoms with Gasteiger partial charge in [0, 0.05) is 13.1 Å². The van der Waals surface area contributed by atoms with Gasteiger partial charge in [-0.15, -0.1) is 0 Å². The first-order valence-corrected chi connectivity index (χ1v) is 8.60. The highest BCUT2D eigenvalue weighted by Crippen LogP contribution is 2.54. The summed E-state index contributed by atoms with van der Waals surface area (Å²) in [7, 11) is 1.98. The lowest BCUT2D eigenvalue weighted by Crippen LogP contribution is -2.56. The molecule has 4 aliphatic carbocycles. The van der Waals surface area contributed by atoms with Crippen LogP contribution in [-0.4, -0.2) is 23.9 Å². The zero-order valence-electron chi connectivity index (χ0n) is 13.2. The smallest absolute Gasteiger partial charge is 0.226 e. The van der Waals surface area contributed by atoms with Crippen LogP contribution in [0.3, 0.4) is 0 Å². The van der Waals surface area contributed by atoms with Gasteiger partial charge in [-0.05, 0) is 73.5 Å². The van der Waals surface area contributed by atoms with Gasteiger partial charge in [0.2, 0.25) is 5.91 Å². The molecule has 118 valence electrons. The van der Waals surface area contributed by atoms with Crippen molar-refractivity contribution in [3.05, 3.63) is 35.6 Å². The number of likely N-dealkylation sites (N-methyl/N-ethyl adjacent to an activating group) is 1. The minimum absolute atomic E-state index is 0.184. The molecule has 0 aliphatic heterocycles. The number of hydrogen-bond acceptors (Lipinski definition) is 1. The Morgan fingerprint density at radius 1 is 1.05 bits per heavy atom. The summed E-state index contributed by atoms with van der Waals surface area (Å²) in [5.74, 6) is 3.24. The maximum Gasteiger partial charge on any atom is 0.226 e. The van der Waals surface area contributed by atoms with Crippen molar-refractivity contribution in [3.8, 4) is 0 Å². The molecule has 2 nitrogen and oxygen atoms in total. The van der Waals surface area contributed by atoms with E-state index < -0.39 is 0 Å². The van der Waals surface area contributed by atoms with Crippen LogP contribution in [0.4, 0.5) is 4.39 Å². The van der Waals surface area contributed by atoms with Gasteiger partial charge in [0.1, 0.15) is 5.82 Å². The van der Waals surface area contributed by atoms with Gasteiger partial charge in [-0.3, -0.25) is 4.79 Å². The molecule has 0 spiro atoms. The molecule has 4 saturated carbocycles. The van der Waals surface area contributed by atoms with Gasteiger partial charge in [0.15, 0.2) is 0 Å². The summed E-state index contributed by atoms with van der Waals surface area (Å²) in [5, 5.41) is 0. The van der Waals surface area contributed by atoms with Crippen LogP contribution in [0.1, 0.15) is 37.7 Å². The number of halogens is 1. The summed E-state index contributed by atoms with van der Waals surface area (Å²) < 4.78 is 13.0. The van der Waals surface area contributed by atoms with Crippen molar-refractivity contribution in [2.45, 2.75) is 44.6 Å². The second-order valence-electron chi connectivity index (χ2n) is 7.73. The predicted molar refractivity (Wildman–Crippen MR) is 83.7 cm³/mol. The van der Waals surface area contributed by atoms with Crippen molar-refractivity contribution >= 4 is 5.91 Å². The van der Waals surface area contributed by atoms with Crippen LogP contribution >= 0.6 is 0 Å². The number of hydrogen-bond donors (Lipinski definition) is 0. The molecule has 0 atom stereocenters. The maximum atomic E-state index is 13.0.